The van der Waals surface area contributed by atoms with Gasteiger partial charge in [-0.2, -0.15) is 0 Å². The fraction of sp³-hybridized carbons (Fsp3) is 0.364. The minimum atomic E-state index is -1.43. The van der Waals surface area contributed by atoms with Gasteiger partial charge in [0.25, 0.3) is 0 Å². The molecule has 2 atom stereocenters. The summed E-state index contributed by atoms with van der Waals surface area (Å²) in [6.07, 6.45) is -1.24. The number of benzene rings is 1. The molecule has 0 saturated carbocycles. The molecule has 0 saturated heterocycles. The first-order chi connectivity index (χ1) is 7.49. The quantitative estimate of drug-likeness (QED) is 0.859. The van der Waals surface area contributed by atoms with Crippen molar-refractivity contribution in [1.82, 2.24) is 0 Å². The van der Waals surface area contributed by atoms with Crippen LogP contribution in [-0.4, -0.2) is 16.2 Å². The summed E-state index contributed by atoms with van der Waals surface area (Å²) in [4.78, 5) is 10.8. The van der Waals surface area contributed by atoms with Crippen molar-refractivity contribution < 1.29 is 19.4 Å². The van der Waals surface area contributed by atoms with Crippen molar-refractivity contribution in [3.8, 4) is 0 Å². The first-order valence-corrected chi connectivity index (χ1v) is 5.21. The Bertz CT molecular complexity index is 375. The van der Waals surface area contributed by atoms with E-state index >= 15 is 0 Å². The Labute approximate surface area is 97.5 Å². The normalized spacial score (nSPS) is 14.5. The molecule has 16 heavy (non-hydrogen) atoms. The highest BCUT2D eigenvalue weighted by Crippen LogP contribution is 2.32. The van der Waals surface area contributed by atoms with Crippen LogP contribution >= 0.6 is 11.6 Å². The summed E-state index contributed by atoms with van der Waals surface area (Å²) in [7, 11) is 0. The van der Waals surface area contributed by atoms with E-state index in [1.807, 2.05) is 0 Å². The SMILES string of the molecule is CCC(C(=O)O)C(O)c1c(F)cccc1Cl. The molecule has 88 valence electrons. The van der Waals surface area contributed by atoms with Crippen molar-refractivity contribution in [3.63, 3.8) is 0 Å². The fourth-order valence-electron chi connectivity index (χ4n) is 1.53. The molecule has 2 N–H and O–H groups in total. The van der Waals surface area contributed by atoms with Gasteiger partial charge in [0.05, 0.1) is 12.0 Å². The zero-order valence-corrected chi connectivity index (χ0v) is 9.41. The second kappa shape index (κ2) is 5.27. The molecule has 0 aromatic heterocycles. The first-order valence-electron chi connectivity index (χ1n) is 4.83. The number of carbonyl (C=O) groups is 1. The number of aliphatic carboxylic acids is 1. The van der Waals surface area contributed by atoms with Crippen molar-refractivity contribution in [2.45, 2.75) is 19.4 Å². The Morgan fingerprint density at radius 1 is 1.56 bits per heavy atom. The second-order valence-corrected chi connectivity index (χ2v) is 3.84. The summed E-state index contributed by atoms with van der Waals surface area (Å²) in [6.45, 7) is 1.61. The number of aliphatic hydroxyl groups excluding tert-OH is 1. The largest absolute Gasteiger partial charge is 0.481 e. The lowest BCUT2D eigenvalue weighted by Crippen LogP contribution is -2.22. The third kappa shape index (κ3) is 2.51. The molecule has 0 radical (unpaired) electrons. The standard InChI is InChI=1S/C11H12ClFO3/c1-2-6(11(15)16)10(14)9-7(12)4-3-5-8(9)13/h3-6,10,14H,2H2,1H3,(H,15,16). The van der Waals surface area contributed by atoms with Gasteiger partial charge in [0.15, 0.2) is 0 Å². The molecule has 5 heteroatoms. The van der Waals surface area contributed by atoms with Gasteiger partial charge in [-0.25, -0.2) is 4.39 Å². The number of hydrogen-bond donors (Lipinski definition) is 2. The van der Waals surface area contributed by atoms with Crippen molar-refractivity contribution >= 4 is 17.6 Å². The molecule has 0 aliphatic heterocycles. The van der Waals surface area contributed by atoms with E-state index in [0.717, 1.165) is 6.07 Å². The molecule has 0 fully saturated rings. The topological polar surface area (TPSA) is 57.5 Å². The highest BCUT2D eigenvalue weighted by molar-refractivity contribution is 6.31. The smallest absolute Gasteiger partial charge is 0.309 e. The van der Waals surface area contributed by atoms with Gasteiger partial charge in [-0.05, 0) is 18.6 Å². The van der Waals surface area contributed by atoms with Crippen LogP contribution in [0.25, 0.3) is 0 Å². The van der Waals surface area contributed by atoms with E-state index in [4.69, 9.17) is 16.7 Å². The van der Waals surface area contributed by atoms with Crippen LogP contribution in [0.3, 0.4) is 0 Å². The van der Waals surface area contributed by atoms with Crippen LogP contribution in [0.4, 0.5) is 4.39 Å². The number of halogens is 2. The van der Waals surface area contributed by atoms with E-state index in [2.05, 4.69) is 0 Å². The molecule has 3 nitrogen and oxygen atoms in total. The first kappa shape index (κ1) is 12.9. The van der Waals surface area contributed by atoms with Gasteiger partial charge >= 0.3 is 5.97 Å². The number of aliphatic hydroxyl groups is 1. The number of carboxylic acids is 1. The Morgan fingerprint density at radius 3 is 2.62 bits per heavy atom. The fourth-order valence-corrected chi connectivity index (χ4v) is 1.80. The van der Waals surface area contributed by atoms with E-state index in [1.165, 1.54) is 12.1 Å². The van der Waals surface area contributed by atoms with E-state index in [1.54, 1.807) is 6.92 Å². The van der Waals surface area contributed by atoms with Gasteiger partial charge in [0.2, 0.25) is 0 Å². The average Bonchev–Trinajstić information content (AvgIpc) is 2.17. The highest BCUT2D eigenvalue weighted by atomic mass is 35.5. The van der Waals surface area contributed by atoms with Crippen LogP contribution in [0.5, 0.6) is 0 Å². The molecule has 1 aromatic carbocycles. The third-order valence-electron chi connectivity index (χ3n) is 2.43. The Balaban J connectivity index is 3.12. The second-order valence-electron chi connectivity index (χ2n) is 3.43. The maximum absolute atomic E-state index is 13.4. The molecule has 1 rings (SSSR count). The Morgan fingerprint density at radius 2 is 2.19 bits per heavy atom. The predicted octanol–water partition coefficient (Wildman–Crippen LogP) is 2.62. The molecular weight excluding hydrogens is 235 g/mol. The van der Waals surface area contributed by atoms with Crippen LogP contribution in [0.15, 0.2) is 18.2 Å². The van der Waals surface area contributed by atoms with Crippen LogP contribution in [-0.2, 0) is 4.79 Å². The van der Waals surface area contributed by atoms with Gasteiger partial charge in [-0.15, -0.1) is 0 Å². The van der Waals surface area contributed by atoms with Crippen LogP contribution in [0.1, 0.15) is 25.0 Å². The molecule has 0 aliphatic carbocycles. The van der Waals surface area contributed by atoms with Gasteiger partial charge in [-0.1, -0.05) is 24.6 Å². The summed E-state index contributed by atoms with van der Waals surface area (Å²) < 4.78 is 13.4. The third-order valence-corrected chi connectivity index (χ3v) is 2.76. The maximum Gasteiger partial charge on any atom is 0.309 e. The zero-order chi connectivity index (χ0) is 12.3. The Kier molecular flexibility index (Phi) is 4.26. The van der Waals surface area contributed by atoms with E-state index < -0.39 is 23.8 Å². The Hall–Kier alpha value is -1.13. The van der Waals surface area contributed by atoms with Crippen LogP contribution in [0, 0.1) is 11.7 Å². The monoisotopic (exact) mass is 246 g/mol. The summed E-state index contributed by atoms with van der Waals surface area (Å²) in [5.74, 6) is -2.93. The summed E-state index contributed by atoms with van der Waals surface area (Å²) in [6, 6.07) is 3.95. The summed E-state index contributed by atoms with van der Waals surface area (Å²) in [5, 5.41) is 18.7. The number of carboxylic acid groups (broad SMARTS) is 1. The van der Waals surface area contributed by atoms with Gasteiger partial charge in [-0.3, -0.25) is 4.79 Å². The molecule has 0 amide bonds. The van der Waals surface area contributed by atoms with Crippen LogP contribution in [0.2, 0.25) is 5.02 Å². The molecule has 0 heterocycles. The summed E-state index contributed by atoms with van der Waals surface area (Å²) >= 11 is 5.74. The highest BCUT2D eigenvalue weighted by Gasteiger charge is 2.29. The van der Waals surface area contributed by atoms with Crippen molar-refractivity contribution in [2.24, 2.45) is 5.92 Å². The van der Waals surface area contributed by atoms with Gasteiger partial charge in [0.1, 0.15) is 5.82 Å². The van der Waals surface area contributed by atoms with Crippen molar-refractivity contribution in [2.75, 3.05) is 0 Å². The van der Waals surface area contributed by atoms with E-state index in [0.29, 0.717) is 0 Å². The maximum atomic E-state index is 13.4. The molecule has 1 aromatic rings. The van der Waals surface area contributed by atoms with Crippen LogP contribution < -0.4 is 0 Å². The minimum absolute atomic E-state index is 0.0344. The summed E-state index contributed by atoms with van der Waals surface area (Å²) in [5.41, 5.74) is -0.154. The van der Waals surface area contributed by atoms with Gasteiger partial charge in [0, 0.05) is 10.6 Å². The molecular formula is C11H12ClFO3. The lowest BCUT2D eigenvalue weighted by molar-refractivity contribution is -0.146. The lowest BCUT2D eigenvalue weighted by atomic mass is 9.93. The minimum Gasteiger partial charge on any atom is -0.481 e. The zero-order valence-electron chi connectivity index (χ0n) is 8.65. The van der Waals surface area contributed by atoms with Crippen molar-refractivity contribution in [1.29, 1.82) is 0 Å². The molecule has 0 bridgehead atoms. The average molecular weight is 247 g/mol. The molecule has 2 unspecified atom stereocenters. The van der Waals surface area contributed by atoms with Crippen molar-refractivity contribution in [3.05, 3.63) is 34.6 Å². The predicted molar refractivity (Wildman–Crippen MR) is 57.8 cm³/mol. The lowest BCUT2D eigenvalue weighted by Gasteiger charge is -2.19. The number of hydrogen-bond acceptors (Lipinski definition) is 2. The van der Waals surface area contributed by atoms with E-state index in [9.17, 15) is 14.3 Å². The van der Waals surface area contributed by atoms with Gasteiger partial charge < -0.3 is 10.2 Å². The molecule has 0 spiro atoms. The number of rotatable bonds is 4. The molecule has 0 aliphatic rings. The van der Waals surface area contributed by atoms with E-state index in [-0.39, 0.29) is 17.0 Å².